The Morgan fingerprint density at radius 1 is 1.56 bits per heavy atom. The van der Waals surface area contributed by atoms with Crippen LogP contribution in [0.25, 0.3) is 0 Å². The van der Waals surface area contributed by atoms with Gasteiger partial charge in [-0.25, -0.2) is 4.79 Å². The quantitative estimate of drug-likeness (QED) is 0.621. The minimum Gasteiger partial charge on any atom is -0.467 e. The van der Waals surface area contributed by atoms with Crippen LogP contribution < -0.4 is 0 Å². The molecule has 6 heteroatoms. The van der Waals surface area contributed by atoms with Gasteiger partial charge in [0, 0.05) is 6.54 Å². The highest BCUT2D eigenvalue weighted by atomic mass is 35.5. The van der Waals surface area contributed by atoms with Crippen LogP contribution in [-0.4, -0.2) is 36.5 Å². The molecular formula is C12H14ClNO4. The third kappa shape index (κ3) is 2.36. The Balaban J connectivity index is 2.15. The summed E-state index contributed by atoms with van der Waals surface area (Å²) in [6, 6.07) is 2.72. The van der Waals surface area contributed by atoms with Crippen molar-refractivity contribution in [2.45, 2.75) is 24.8 Å². The van der Waals surface area contributed by atoms with Crippen molar-refractivity contribution in [1.29, 1.82) is 0 Å². The maximum atomic E-state index is 12.2. The number of likely N-dealkylation sites (tertiary alicyclic amines) is 1. The fraction of sp³-hybridized carbons (Fsp3) is 0.500. The largest absolute Gasteiger partial charge is 0.467 e. The topological polar surface area (TPSA) is 59.8 Å². The van der Waals surface area contributed by atoms with Gasteiger partial charge in [-0.3, -0.25) is 4.79 Å². The summed E-state index contributed by atoms with van der Waals surface area (Å²) >= 11 is 5.61. The molecule has 1 aliphatic heterocycles. The lowest BCUT2D eigenvalue weighted by Crippen LogP contribution is -2.40. The molecule has 2 rings (SSSR count). The van der Waals surface area contributed by atoms with E-state index in [4.69, 9.17) is 20.8 Å². The highest BCUT2D eigenvalue weighted by Gasteiger charge is 2.36. The van der Waals surface area contributed by atoms with Gasteiger partial charge in [-0.15, -0.1) is 11.6 Å². The van der Waals surface area contributed by atoms with Gasteiger partial charge < -0.3 is 14.1 Å². The van der Waals surface area contributed by atoms with E-state index >= 15 is 0 Å². The average Bonchev–Trinajstić information content (AvgIpc) is 3.05. The van der Waals surface area contributed by atoms with E-state index in [0.717, 1.165) is 6.42 Å². The van der Waals surface area contributed by atoms with Crippen molar-refractivity contribution in [3.05, 3.63) is 23.7 Å². The molecule has 1 unspecified atom stereocenters. The minimum atomic E-state index is -0.507. The Bertz CT molecular complexity index is 457. The average molecular weight is 272 g/mol. The van der Waals surface area contributed by atoms with Crippen LogP contribution in [0.2, 0.25) is 0 Å². The molecule has 0 bridgehead atoms. The van der Waals surface area contributed by atoms with Gasteiger partial charge in [-0.2, -0.15) is 0 Å². The van der Waals surface area contributed by atoms with Crippen molar-refractivity contribution >= 4 is 23.5 Å². The van der Waals surface area contributed by atoms with Crippen molar-refractivity contribution in [1.82, 2.24) is 4.90 Å². The third-order valence-corrected chi connectivity index (χ3v) is 3.25. The SMILES string of the molecule is COC(=O)C1CCCN1C(=O)c1ccc(CCl)o1. The zero-order valence-electron chi connectivity index (χ0n) is 10.0. The number of rotatable bonds is 3. The highest BCUT2D eigenvalue weighted by molar-refractivity contribution is 6.16. The predicted molar refractivity (Wildman–Crippen MR) is 64.3 cm³/mol. The summed E-state index contributed by atoms with van der Waals surface area (Å²) in [6.07, 6.45) is 1.41. The maximum Gasteiger partial charge on any atom is 0.328 e. The number of hydrogen-bond acceptors (Lipinski definition) is 4. The lowest BCUT2D eigenvalue weighted by atomic mass is 10.2. The van der Waals surface area contributed by atoms with Gasteiger partial charge >= 0.3 is 5.97 Å². The number of carbonyl (C=O) groups excluding carboxylic acids is 2. The second-order valence-electron chi connectivity index (χ2n) is 4.08. The van der Waals surface area contributed by atoms with Gasteiger partial charge in [-0.05, 0) is 25.0 Å². The standard InChI is InChI=1S/C12H14ClNO4/c1-17-12(16)9-3-2-6-14(9)11(15)10-5-4-8(7-13)18-10/h4-5,9H,2-3,6-7H2,1H3. The second-order valence-corrected chi connectivity index (χ2v) is 4.35. The molecule has 5 nitrogen and oxygen atoms in total. The molecule has 0 radical (unpaired) electrons. The fourth-order valence-electron chi connectivity index (χ4n) is 2.10. The summed E-state index contributed by atoms with van der Waals surface area (Å²) in [5.41, 5.74) is 0. The Morgan fingerprint density at radius 3 is 2.94 bits per heavy atom. The first-order valence-electron chi connectivity index (χ1n) is 5.71. The lowest BCUT2D eigenvalue weighted by Gasteiger charge is -2.21. The molecule has 1 aromatic rings. The fourth-order valence-corrected chi connectivity index (χ4v) is 2.24. The van der Waals surface area contributed by atoms with E-state index < -0.39 is 6.04 Å². The summed E-state index contributed by atoms with van der Waals surface area (Å²) in [5, 5.41) is 0. The van der Waals surface area contributed by atoms with Crippen LogP contribution in [0, 0.1) is 0 Å². The maximum absolute atomic E-state index is 12.2. The molecule has 1 amide bonds. The number of amides is 1. The molecule has 1 aliphatic rings. The van der Waals surface area contributed by atoms with Crippen LogP contribution in [0.3, 0.4) is 0 Å². The lowest BCUT2D eigenvalue weighted by molar-refractivity contribution is -0.145. The monoisotopic (exact) mass is 271 g/mol. The number of alkyl halides is 1. The zero-order valence-corrected chi connectivity index (χ0v) is 10.8. The van der Waals surface area contributed by atoms with Crippen molar-refractivity contribution in [3.63, 3.8) is 0 Å². The third-order valence-electron chi connectivity index (χ3n) is 2.99. The molecule has 0 saturated carbocycles. The van der Waals surface area contributed by atoms with Gasteiger partial charge in [0.25, 0.3) is 5.91 Å². The first-order valence-corrected chi connectivity index (χ1v) is 6.24. The van der Waals surface area contributed by atoms with Crippen LogP contribution in [0.5, 0.6) is 0 Å². The number of hydrogen-bond donors (Lipinski definition) is 0. The Morgan fingerprint density at radius 2 is 2.33 bits per heavy atom. The van der Waals surface area contributed by atoms with Crippen molar-refractivity contribution in [2.24, 2.45) is 0 Å². The Labute approximate surface area is 110 Å². The Kier molecular flexibility index (Phi) is 3.91. The van der Waals surface area contributed by atoms with Gasteiger partial charge in [0.2, 0.25) is 0 Å². The van der Waals surface area contributed by atoms with E-state index in [1.165, 1.54) is 12.0 Å². The summed E-state index contributed by atoms with van der Waals surface area (Å²) in [7, 11) is 1.32. The molecule has 1 fully saturated rings. The van der Waals surface area contributed by atoms with Crippen molar-refractivity contribution in [3.8, 4) is 0 Å². The number of esters is 1. The van der Waals surface area contributed by atoms with E-state index in [2.05, 4.69) is 0 Å². The molecule has 0 spiro atoms. The van der Waals surface area contributed by atoms with Crippen molar-refractivity contribution in [2.75, 3.05) is 13.7 Å². The van der Waals surface area contributed by atoms with E-state index in [1.807, 2.05) is 0 Å². The smallest absolute Gasteiger partial charge is 0.328 e. The van der Waals surface area contributed by atoms with E-state index in [1.54, 1.807) is 12.1 Å². The molecule has 1 aromatic heterocycles. The van der Waals surface area contributed by atoms with Crippen molar-refractivity contribution < 1.29 is 18.7 Å². The molecule has 18 heavy (non-hydrogen) atoms. The first kappa shape index (κ1) is 13.0. The number of halogens is 1. The summed E-state index contributed by atoms with van der Waals surface area (Å²) in [5.74, 6) is 0.285. The number of ether oxygens (including phenoxy) is 1. The molecule has 1 atom stereocenters. The van der Waals surface area contributed by atoms with E-state index in [0.29, 0.717) is 18.7 Å². The van der Waals surface area contributed by atoms with Gasteiger partial charge in [0.15, 0.2) is 5.76 Å². The van der Waals surface area contributed by atoms with E-state index in [9.17, 15) is 9.59 Å². The number of carbonyl (C=O) groups is 2. The minimum absolute atomic E-state index is 0.210. The Hall–Kier alpha value is -1.49. The first-order chi connectivity index (χ1) is 8.67. The number of methoxy groups -OCH3 is 1. The van der Waals surface area contributed by atoms with Gasteiger partial charge in [0.05, 0.1) is 13.0 Å². The van der Waals surface area contributed by atoms with Crippen LogP contribution in [0.4, 0.5) is 0 Å². The molecule has 98 valence electrons. The second kappa shape index (κ2) is 5.44. The zero-order chi connectivity index (χ0) is 13.1. The van der Waals surface area contributed by atoms with Crippen LogP contribution in [0.1, 0.15) is 29.2 Å². The summed E-state index contributed by atoms with van der Waals surface area (Å²) in [6.45, 7) is 0.537. The molecule has 0 aromatic carbocycles. The normalized spacial score (nSPS) is 19.0. The molecule has 0 N–H and O–H groups in total. The molecular weight excluding hydrogens is 258 g/mol. The molecule has 1 saturated heterocycles. The predicted octanol–water partition coefficient (Wildman–Crippen LogP) is 1.80. The van der Waals surface area contributed by atoms with Gasteiger partial charge in [0.1, 0.15) is 11.8 Å². The van der Waals surface area contributed by atoms with Crippen LogP contribution in [0.15, 0.2) is 16.5 Å². The van der Waals surface area contributed by atoms with Crippen LogP contribution >= 0.6 is 11.6 Å². The summed E-state index contributed by atoms with van der Waals surface area (Å²) < 4.78 is 9.99. The molecule has 0 aliphatic carbocycles. The number of nitrogens with zero attached hydrogens (tertiary/aromatic N) is 1. The van der Waals surface area contributed by atoms with Crippen LogP contribution in [-0.2, 0) is 15.4 Å². The molecule has 2 heterocycles. The summed E-state index contributed by atoms with van der Waals surface area (Å²) in [4.78, 5) is 25.2. The number of furan rings is 1. The highest BCUT2D eigenvalue weighted by Crippen LogP contribution is 2.22. The van der Waals surface area contributed by atoms with Gasteiger partial charge in [-0.1, -0.05) is 0 Å². The van der Waals surface area contributed by atoms with E-state index in [-0.39, 0.29) is 23.5 Å².